The van der Waals surface area contributed by atoms with Crippen LogP contribution in [-0.4, -0.2) is 18.5 Å². The number of carbonyl (C=O) groups is 2. The van der Waals surface area contributed by atoms with E-state index in [0.717, 1.165) is 11.1 Å². The lowest BCUT2D eigenvalue weighted by Crippen LogP contribution is -2.12. The van der Waals surface area contributed by atoms with Crippen LogP contribution >= 0.6 is 0 Å². The topological polar surface area (TPSA) is 55.4 Å². The van der Waals surface area contributed by atoms with Crippen LogP contribution in [0.2, 0.25) is 0 Å². The highest BCUT2D eigenvalue weighted by atomic mass is 16.5. The summed E-state index contributed by atoms with van der Waals surface area (Å²) in [5, 5.41) is 2.86. The van der Waals surface area contributed by atoms with Crippen LogP contribution in [0, 0.1) is 6.92 Å². The zero-order valence-electron chi connectivity index (χ0n) is 13.2. The van der Waals surface area contributed by atoms with Crippen LogP contribution in [0.4, 0.5) is 5.69 Å². The highest BCUT2D eigenvalue weighted by molar-refractivity contribution is 6.05. The summed E-state index contributed by atoms with van der Waals surface area (Å²) < 4.78 is 4.85. The number of aryl methyl sites for hydroxylation is 1. The predicted molar refractivity (Wildman–Crippen MR) is 91.2 cm³/mol. The first kappa shape index (κ1) is 16.5. The van der Waals surface area contributed by atoms with Gasteiger partial charge in [-0.3, -0.25) is 4.79 Å². The molecule has 4 nitrogen and oxygen atoms in total. The zero-order valence-corrected chi connectivity index (χ0v) is 13.2. The average molecular weight is 309 g/mol. The van der Waals surface area contributed by atoms with E-state index in [9.17, 15) is 9.59 Å². The Morgan fingerprint density at radius 1 is 1.09 bits per heavy atom. The molecule has 0 saturated heterocycles. The smallest absolute Gasteiger partial charge is 0.330 e. The highest BCUT2D eigenvalue weighted by Crippen LogP contribution is 2.18. The Bertz CT molecular complexity index is 718. The molecule has 0 saturated carbocycles. The molecule has 0 aliphatic carbocycles. The van der Waals surface area contributed by atoms with Crippen molar-refractivity contribution in [3.63, 3.8) is 0 Å². The van der Waals surface area contributed by atoms with E-state index in [-0.39, 0.29) is 5.91 Å². The van der Waals surface area contributed by atoms with E-state index in [1.807, 2.05) is 37.3 Å². The minimum absolute atomic E-state index is 0.193. The molecule has 0 aliphatic heterocycles. The molecule has 0 spiro atoms. The van der Waals surface area contributed by atoms with Crippen molar-refractivity contribution in [2.45, 2.75) is 13.8 Å². The quantitative estimate of drug-likeness (QED) is 0.674. The van der Waals surface area contributed by atoms with Crippen molar-refractivity contribution >= 4 is 23.6 Å². The molecular weight excluding hydrogens is 290 g/mol. The number of hydrogen-bond acceptors (Lipinski definition) is 3. The molecule has 2 aromatic rings. The fraction of sp³-hybridized carbons (Fsp3) is 0.158. The van der Waals surface area contributed by atoms with Crippen molar-refractivity contribution in [3.8, 4) is 0 Å². The highest BCUT2D eigenvalue weighted by Gasteiger charge is 2.08. The third kappa shape index (κ3) is 4.81. The van der Waals surface area contributed by atoms with Crippen molar-refractivity contribution < 1.29 is 14.3 Å². The number of benzene rings is 2. The van der Waals surface area contributed by atoms with Gasteiger partial charge in [0.2, 0.25) is 0 Å². The number of anilines is 1. The molecule has 23 heavy (non-hydrogen) atoms. The fourth-order valence-electron chi connectivity index (χ4n) is 2.00. The molecular formula is C19H19NO3. The first-order valence-electron chi connectivity index (χ1n) is 7.42. The van der Waals surface area contributed by atoms with Crippen molar-refractivity contribution in [1.29, 1.82) is 0 Å². The van der Waals surface area contributed by atoms with E-state index in [1.165, 1.54) is 6.08 Å². The fourth-order valence-corrected chi connectivity index (χ4v) is 2.00. The second-order valence-electron chi connectivity index (χ2n) is 4.99. The number of rotatable bonds is 5. The molecule has 0 bridgehead atoms. The largest absolute Gasteiger partial charge is 0.463 e. The monoisotopic (exact) mass is 309 g/mol. The molecule has 1 N–H and O–H groups in total. The summed E-state index contributed by atoms with van der Waals surface area (Å²) in [6.45, 7) is 4.05. The average Bonchev–Trinajstić information content (AvgIpc) is 2.55. The molecule has 0 aliphatic rings. The lowest BCUT2D eigenvalue weighted by molar-refractivity contribution is -0.137. The van der Waals surface area contributed by atoms with Gasteiger partial charge >= 0.3 is 5.97 Å². The third-order valence-corrected chi connectivity index (χ3v) is 3.21. The number of para-hydroxylation sites is 1. The number of ether oxygens (including phenoxy) is 1. The summed E-state index contributed by atoms with van der Waals surface area (Å²) in [7, 11) is 0. The number of hydrogen-bond donors (Lipinski definition) is 1. The Morgan fingerprint density at radius 3 is 2.48 bits per heavy atom. The maximum Gasteiger partial charge on any atom is 0.330 e. The van der Waals surface area contributed by atoms with Gasteiger partial charge in [0.25, 0.3) is 5.91 Å². The Balaban J connectivity index is 2.15. The van der Waals surface area contributed by atoms with Gasteiger partial charge in [-0.15, -0.1) is 0 Å². The molecule has 118 valence electrons. The zero-order chi connectivity index (χ0) is 16.7. The Labute approximate surface area is 135 Å². The molecule has 0 heterocycles. The van der Waals surface area contributed by atoms with Crippen molar-refractivity contribution in [3.05, 3.63) is 71.3 Å². The summed E-state index contributed by atoms with van der Waals surface area (Å²) >= 11 is 0. The molecule has 0 aromatic heterocycles. The number of carbonyl (C=O) groups excluding carboxylic acids is 2. The number of esters is 1. The summed E-state index contributed by atoms with van der Waals surface area (Å²) in [5.41, 5.74) is 3.05. The maximum absolute atomic E-state index is 12.3. The normalized spacial score (nSPS) is 10.5. The Hall–Kier alpha value is -2.88. The van der Waals surface area contributed by atoms with Gasteiger partial charge in [0.15, 0.2) is 0 Å². The standard InChI is InChI=1S/C19H19NO3/c1-3-23-18(21)13-12-15-6-4-5-7-17(15)20-19(22)16-10-8-14(2)9-11-16/h4-13H,3H2,1-2H3,(H,20,22)/b13-12+. The van der Waals surface area contributed by atoms with Gasteiger partial charge in [0.05, 0.1) is 6.61 Å². The third-order valence-electron chi connectivity index (χ3n) is 3.21. The van der Waals surface area contributed by atoms with Crippen LogP contribution in [-0.2, 0) is 9.53 Å². The SMILES string of the molecule is CCOC(=O)/C=C/c1ccccc1NC(=O)c1ccc(C)cc1. The summed E-state index contributed by atoms with van der Waals surface area (Å²) in [6.07, 6.45) is 2.98. The molecule has 0 atom stereocenters. The molecule has 1 amide bonds. The minimum Gasteiger partial charge on any atom is -0.463 e. The van der Waals surface area contributed by atoms with Crippen molar-refractivity contribution in [1.82, 2.24) is 0 Å². The van der Waals surface area contributed by atoms with Gasteiger partial charge in [-0.1, -0.05) is 35.9 Å². The van der Waals surface area contributed by atoms with Gasteiger partial charge in [-0.05, 0) is 43.7 Å². The van der Waals surface area contributed by atoms with E-state index in [0.29, 0.717) is 17.9 Å². The maximum atomic E-state index is 12.3. The van der Waals surface area contributed by atoms with Gasteiger partial charge in [0.1, 0.15) is 0 Å². The van der Waals surface area contributed by atoms with Gasteiger partial charge in [-0.25, -0.2) is 4.79 Å². The van der Waals surface area contributed by atoms with Gasteiger partial charge in [-0.2, -0.15) is 0 Å². The van der Waals surface area contributed by atoms with Crippen LogP contribution in [0.3, 0.4) is 0 Å². The summed E-state index contributed by atoms with van der Waals surface area (Å²) in [6, 6.07) is 14.6. The number of amides is 1. The van der Waals surface area contributed by atoms with Crippen LogP contribution in [0.25, 0.3) is 6.08 Å². The van der Waals surface area contributed by atoms with Gasteiger partial charge in [0, 0.05) is 17.3 Å². The van der Waals surface area contributed by atoms with Crippen LogP contribution in [0.5, 0.6) is 0 Å². The lowest BCUT2D eigenvalue weighted by Gasteiger charge is -2.08. The van der Waals surface area contributed by atoms with E-state index >= 15 is 0 Å². The number of nitrogens with one attached hydrogen (secondary N) is 1. The summed E-state index contributed by atoms with van der Waals surface area (Å²) in [4.78, 5) is 23.7. The second kappa shape index (κ2) is 7.94. The van der Waals surface area contributed by atoms with Crippen LogP contribution in [0.1, 0.15) is 28.4 Å². The van der Waals surface area contributed by atoms with Crippen LogP contribution in [0.15, 0.2) is 54.6 Å². The second-order valence-corrected chi connectivity index (χ2v) is 4.99. The minimum atomic E-state index is -0.410. The van der Waals surface area contributed by atoms with Gasteiger partial charge < -0.3 is 10.1 Å². The molecule has 4 heteroatoms. The van der Waals surface area contributed by atoms with Crippen molar-refractivity contribution in [2.24, 2.45) is 0 Å². The first-order valence-corrected chi connectivity index (χ1v) is 7.42. The van der Waals surface area contributed by atoms with Crippen LogP contribution < -0.4 is 5.32 Å². The first-order chi connectivity index (χ1) is 11.1. The Morgan fingerprint density at radius 2 is 1.78 bits per heavy atom. The van der Waals surface area contributed by atoms with Crippen molar-refractivity contribution in [2.75, 3.05) is 11.9 Å². The molecule has 2 rings (SSSR count). The summed E-state index contributed by atoms with van der Waals surface area (Å²) in [5.74, 6) is -0.603. The van der Waals surface area contributed by atoms with E-state index in [2.05, 4.69) is 5.32 Å². The van der Waals surface area contributed by atoms with E-state index in [4.69, 9.17) is 4.74 Å². The molecule has 0 unspecified atom stereocenters. The lowest BCUT2D eigenvalue weighted by atomic mass is 10.1. The van der Waals surface area contributed by atoms with E-state index < -0.39 is 5.97 Å². The molecule has 0 fully saturated rings. The molecule has 2 aromatic carbocycles. The molecule has 0 radical (unpaired) electrons. The predicted octanol–water partition coefficient (Wildman–Crippen LogP) is 3.82. The Kier molecular flexibility index (Phi) is 5.69. The van der Waals surface area contributed by atoms with E-state index in [1.54, 1.807) is 31.2 Å².